The maximum absolute atomic E-state index is 13.8. The molecule has 0 unspecified atom stereocenters. The van der Waals surface area contributed by atoms with E-state index < -0.39 is 17.4 Å². The fraction of sp³-hybridized carbons (Fsp3) is 0.488. The number of hydrogen-bond donors (Lipinski definition) is 2. The van der Waals surface area contributed by atoms with Crippen molar-refractivity contribution in [3.63, 3.8) is 0 Å². The molecule has 0 bridgehead atoms. The van der Waals surface area contributed by atoms with Crippen molar-refractivity contribution >= 4 is 63.5 Å². The van der Waals surface area contributed by atoms with Gasteiger partial charge in [-0.15, -0.1) is 0 Å². The van der Waals surface area contributed by atoms with Crippen molar-refractivity contribution in [2.45, 2.75) is 75.9 Å². The molecule has 292 valence electrons. The number of hydrogen-bond acceptors (Lipinski definition) is 11. The van der Waals surface area contributed by atoms with Gasteiger partial charge in [0, 0.05) is 94.7 Å². The highest BCUT2D eigenvalue weighted by Crippen LogP contribution is 2.49. The van der Waals surface area contributed by atoms with Crippen LogP contribution in [0, 0.1) is 0 Å². The molecule has 4 amide bonds. The topological polar surface area (TPSA) is 152 Å². The summed E-state index contributed by atoms with van der Waals surface area (Å²) in [5, 5.41) is 6.55. The van der Waals surface area contributed by atoms with Crippen LogP contribution in [0.1, 0.15) is 74.5 Å². The second-order valence-electron chi connectivity index (χ2n) is 16.6. The van der Waals surface area contributed by atoms with Crippen LogP contribution in [0.4, 0.5) is 28.8 Å². The van der Waals surface area contributed by atoms with E-state index in [0.717, 1.165) is 98.6 Å². The van der Waals surface area contributed by atoms with Gasteiger partial charge in [0.15, 0.2) is 0 Å². The third kappa shape index (κ3) is 6.12. The number of nitrogens with one attached hydrogen (secondary N) is 2. The van der Waals surface area contributed by atoms with Crippen molar-refractivity contribution in [1.29, 1.82) is 0 Å². The SMILES string of the molecule is CN(C)C(=O)c1cc2cnc(Nc3ccc(N4CCN(C5CN(c6cccc7c6C(C)(C)C(=O)N7[C@@H]6CCC(=O)NC6=O)C5)CC4)cn3)nc2n1C1CCCC1. The molecule has 4 aromatic rings. The number of pyridine rings is 1. The molecule has 2 N–H and O–H groups in total. The van der Waals surface area contributed by atoms with E-state index >= 15 is 0 Å². The van der Waals surface area contributed by atoms with Crippen molar-refractivity contribution in [3.8, 4) is 0 Å². The van der Waals surface area contributed by atoms with Gasteiger partial charge in [-0.2, -0.15) is 4.98 Å². The normalized spacial score (nSPS) is 21.8. The number of carbonyl (C=O) groups is 4. The van der Waals surface area contributed by atoms with Gasteiger partial charge in [0.05, 0.1) is 23.0 Å². The number of rotatable bonds is 8. The number of piperazine rings is 1. The smallest absolute Gasteiger partial charge is 0.270 e. The first-order valence-corrected chi connectivity index (χ1v) is 19.9. The molecule has 4 aliphatic heterocycles. The number of benzene rings is 1. The van der Waals surface area contributed by atoms with Gasteiger partial charge in [-0.05, 0) is 63.4 Å². The zero-order chi connectivity index (χ0) is 38.9. The molecule has 3 saturated heterocycles. The van der Waals surface area contributed by atoms with Crippen molar-refractivity contribution < 1.29 is 19.2 Å². The Bertz CT molecular complexity index is 2210. The Morgan fingerprint density at radius 2 is 1.64 bits per heavy atom. The number of piperidine rings is 1. The second kappa shape index (κ2) is 13.9. The molecule has 3 aromatic heterocycles. The van der Waals surface area contributed by atoms with Gasteiger partial charge in [-0.3, -0.25) is 34.3 Å². The molecule has 5 aliphatic rings. The van der Waals surface area contributed by atoms with Crippen LogP contribution in [0.5, 0.6) is 0 Å². The van der Waals surface area contributed by atoms with E-state index in [1.165, 1.54) is 0 Å². The van der Waals surface area contributed by atoms with Crippen LogP contribution in [0.25, 0.3) is 11.0 Å². The minimum absolute atomic E-state index is 0.0308. The number of imide groups is 1. The van der Waals surface area contributed by atoms with Crippen LogP contribution in [-0.2, 0) is 19.8 Å². The predicted molar refractivity (Wildman–Crippen MR) is 213 cm³/mol. The number of carbonyl (C=O) groups excluding carboxylic acids is 4. The molecule has 15 heteroatoms. The molecular formula is C41H49N11O4. The van der Waals surface area contributed by atoms with Gasteiger partial charge < -0.3 is 24.6 Å². The van der Waals surface area contributed by atoms with Gasteiger partial charge in [-0.25, -0.2) is 9.97 Å². The standard InChI is InChI=1S/C41H49N11O4/c1-41(2)35-29(10-7-11-30(35)52(39(41)56)31-13-15-34(53)45-37(31)54)50-23-28(24-50)49-18-16-48(17-19-49)27-12-14-33(42-22-27)44-40-43-21-25-20-32(38(55)47(3)4)51(36(25)46-40)26-8-5-6-9-26/h7,10-12,14,20-22,26,28,31H,5-6,8-9,13,15-19,23-24H2,1-4H3,(H,45,53,54)(H,42,43,44,46)/t31-/m1/s1. The first kappa shape index (κ1) is 36.1. The number of anilines is 5. The number of fused-ring (bicyclic) bond motifs is 2. The van der Waals surface area contributed by atoms with Crippen molar-refractivity contribution in [3.05, 3.63) is 60.0 Å². The maximum Gasteiger partial charge on any atom is 0.270 e. The lowest BCUT2D eigenvalue weighted by Crippen LogP contribution is -2.63. The van der Waals surface area contributed by atoms with Crippen molar-refractivity contribution in [2.24, 2.45) is 0 Å². The van der Waals surface area contributed by atoms with Crippen molar-refractivity contribution in [1.82, 2.24) is 34.6 Å². The Morgan fingerprint density at radius 1 is 0.893 bits per heavy atom. The van der Waals surface area contributed by atoms with E-state index in [-0.39, 0.29) is 30.2 Å². The Labute approximate surface area is 326 Å². The van der Waals surface area contributed by atoms with E-state index in [4.69, 9.17) is 9.97 Å². The van der Waals surface area contributed by atoms with Gasteiger partial charge >= 0.3 is 0 Å². The minimum atomic E-state index is -0.789. The maximum atomic E-state index is 13.8. The highest BCUT2D eigenvalue weighted by atomic mass is 16.2. The van der Waals surface area contributed by atoms with Crippen LogP contribution < -0.4 is 25.3 Å². The highest BCUT2D eigenvalue weighted by Gasteiger charge is 2.51. The lowest BCUT2D eigenvalue weighted by molar-refractivity contribution is -0.136. The van der Waals surface area contributed by atoms with Crippen LogP contribution in [0.3, 0.4) is 0 Å². The summed E-state index contributed by atoms with van der Waals surface area (Å²) in [6, 6.07) is 11.9. The molecule has 1 aliphatic carbocycles. The molecule has 0 radical (unpaired) electrons. The van der Waals surface area contributed by atoms with E-state index in [1.54, 1.807) is 30.1 Å². The van der Waals surface area contributed by atoms with Crippen LogP contribution in [0.15, 0.2) is 48.8 Å². The van der Waals surface area contributed by atoms with Crippen LogP contribution in [-0.4, -0.2) is 118 Å². The molecule has 15 nitrogen and oxygen atoms in total. The highest BCUT2D eigenvalue weighted by molar-refractivity contribution is 6.14. The van der Waals surface area contributed by atoms with Gasteiger partial charge in [-0.1, -0.05) is 18.9 Å². The monoisotopic (exact) mass is 759 g/mol. The predicted octanol–water partition coefficient (Wildman–Crippen LogP) is 3.83. The third-order valence-electron chi connectivity index (χ3n) is 12.5. The number of nitrogens with zero attached hydrogens (tertiary/aromatic N) is 9. The zero-order valence-corrected chi connectivity index (χ0v) is 32.5. The Morgan fingerprint density at radius 3 is 2.34 bits per heavy atom. The van der Waals surface area contributed by atoms with Gasteiger partial charge in [0.2, 0.25) is 23.7 Å². The summed E-state index contributed by atoms with van der Waals surface area (Å²) in [6.07, 6.45) is 8.60. The Balaban J connectivity index is 0.824. The van der Waals surface area contributed by atoms with Crippen LogP contribution in [0.2, 0.25) is 0 Å². The number of amides is 4. The average Bonchev–Trinajstić information content (AvgIpc) is 3.88. The zero-order valence-electron chi connectivity index (χ0n) is 32.5. The Kier molecular flexibility index (Phi) is 8.94. The van der Waals surface area contributed by atoms with Crippen molar-refractivity contribution in [2.75, 3.05) is 73.4 Å². The second-order valence-corrected chi connectivity index (χ2v) is 16.6. The van der Waals surface area contributed by atoms with Crippen LogP contribution >= 0.6 is 0 Å². The third-order valence-corrected chi connectivity index (χ3v) is 12.5. The summed E-state index contributed by atoms with van der Waals surface area (Å²) in [5.41, 5.74) is 4.48. The molecule has 7 heterocycles. The molecule has 56 heavy (non-hydrogen) atoms. The van der Waals surface area contributed by atoms with E-state index in [2.05, 4.69) is 47.0 Å². The molecule has 1 atom stereocenters. The first-order chi connectivity index (χ1) is 27.0. The molecule has 1 aromatic carbocycles. The van der Waals surface area contributed by atoms with E-state index in [0.29, 0.717) is 29.9 Å². The largest absolute Gasteiger partial charge is 0.368 e. The molecule has 0 spiro atoms. The minimum Gasteiger partial charge on any atom is -0.368 e. The molecule has 9 rings (SSSR count). The lowest BCUT2D eigenvalue weighted by atomic mass is 9.84. The van der Waals surface area contributed by atoms with Gasteiger partial charge in [0.1, 0.15) is 23.2 Å². The Hall–Kier alpha value is -5.57. The van der Waals surface area contributed by atoms with E-state index in [1.807, 2.05) is 44.3 Å². The average molecular weight is 760 g/mol. The van der Waals surface area contributed by atoms with Gasteiger partial charge in [0.25, 0.3) is 5.91 Å². The summed E-state index contributed by atoms with van der Waals surface area (Å²) in [6.45, 7) is 9.26. The fourth-order valence-corrected chi connectivity index (χ4v) is 9.37. The molecule has 1 saturated carbocycles. The molecule has 4 fully saturated rings. The fourth-order valence-electron chi connectivity index (χ4n) is 9.37. The summed E-state index contributed by atoms with van der Waals surface area (Å²) in [5.74, 6) is 0.276. The molecular weight excluding hydrogens is 711 g/mol. The summed E-state index contributed by atoms with van der Waals surface area (Å²) in [4.78, 5) is 76.2. The van der Waals surface area contributed by atoms with E-state index in [9.17, 15) is 19.2 Å². The lowest BCUT2D eigenvalue weighted by Gasteiger charge is -2.50. The number of aromatic nitrogens is 4. The quantitative estimate of drug-likeness (QED) is 0.252. The first-order valence-electron chi connectivity index (χ1n) is 19.9. The summed E-state index contributed by atoms with van der Waals surface area (Å²) < 4.78 is 2.12. The summed E-state index contributed by atoms with van der Waals surface area (Å²) in [7, 11) is 3.56. The summed E-state index contributed by atoms with van der Waals surface area (Å²) >= 11 is 0.